The van der Waals surface area contributed by atoms with Gasteiger partial charge in [0, 0.05) is 12.2 Å². The van der Waals surface area contributed by atoms with E-state index in [1.54, 1.807) is 25.1 Å². The zero-order valence-corrected chi connectivity index (χ0v) is 11.2. The summed E-state index contributed by atoms with van der Waals surface area (Å²) < 4.78 is 37.7. The molecule has 0 aliphatic carbocycles. The lowest BCUT2D eigenvalue weighted by atomic mass is 10.1. The molecule has 2 aromatic rings. The van der Waals surface area contributed by atoms with Gasteiger partial charge in [-0.25, -0.2) is 4.98 Å². The van der Waals surface area contributed by atoms with Crippen molar-refractivity contribution in [3.05, 3.63) is 65.0 Å². The van der Waals surface area contributed by atoms with Gasteiger partial charge in [0.05, 0.1) is 5.56 Å². The first kappa shape index (κ1) is 15.0. The molecule has 0 fully saturated rings. The Morgan fingerprint density at radius 2 is 1.90 bits per heavy atom. The monoisotopic (exact) mass is 294 g/mol. The molecule has 0 atom stereocenters. The predicted molar refractivity (Wildman–Crippen MR) is 71.6 cm³/mol. The van der Waals surface area contributed by atoms with Gasteiger partial charge in [-0.15, -0.1) is 0 Å². The molecule has 0 spiro atoms. The van der Waals surface area contributed by atoms with Crippen LogP contribution < -0.4 is 5.32 Å². The van der Waals surface area contributed by atoms with Gasteiger partial charge in [0.1, 0.15) is 5.69 Å². The van der Waals surface area contributed by atoms with Crippen molar-refractivity contribution in [1.29, 1.82) is 0 Å². The van der Waals surface area contributed by atoms with E-state index < -0.39 is 17.6 Å². The van der Waals surface area contributed by atoms with Crippen molar-refractivity contribution in [3.63, 3.8) is 0 Å². The third kappa shape index (κ3) is 4.05. The number of carbonyl (C=O) groups is 1. The fraction of sp³-hybridized carbons (Fsp3) is 0.200. The molecule has 0 aliphatic rings. The SMILES string of the molecule is Cc1cccc(C(=O)NCc2cccc(C(F)(F)F)c2)n1. The van der Waals surface area contributed by atoms with Gasteiger partial charge < -0.3 is 5.32 Å². The largest absolute Gasteiger partial charge is 0.416 e. The summed E-state index contributed by atoms with van der Waals surface area (Å²) in [5.41, 5.74) is 0.581. The molecule has 1 aromatic carbocycles. The number of aromatic nitrogens is 1. The summed E-state index contributed by atoms with van der Waals surface area (Å²) in [6, 6.07) is 9.85. The normalized spacial score (nSPS) is 11.2. The van der Waals surface area contributed by atoms with Gasteiger partial charge in [-0.1, -0.05) is 18.2 Å². The van der Waals surface area contributed by atoms with Crippen LogP contribution in [-0.4, -0.2) is 10.9 Å². The molecular weight excluding hydrogens is 281 g/mol. The van der Waals surface area contributed by atoms with Crippen molar-refractivity contribution in [2.45, 2.75) is 19.6 Å². The number of alkyl halides is 3. The van der Waals surface area contributed by atoms with Gasteiger partial charge in [-0.2, -0.15) is 13.2 Å². The molecule has 0 bridgehead atoms. The minimum absolute atomic E-state index is 0.0123. The number of halogens is 3. The van der Waals surface area contributed by atoms with Crippen LogP contribution >= 0.6 is 0 Å². The number of amides is 1. The Hall–Kier alpha value is -2.37. The van der Waals surface area contributed by atoms with E-state index in [0.717, 1.165) is 12.1 Å². The maximum Gasteiger partial charge on any atom is 0.416 e. The maximum absolute atomic E-state index is 12.6. The van der Waals surface area contributed by atoms with Crippen molar-refractivity contribution in [2.75, 3.05) is 0 Å². The zero-order valence-electron chi connectivity index (χ0n) is 11.2. The molecular formula is C15H13F3N2O. The van der Waals surface area contributed by atoms with Gasteiger partial charge in [0.2, 0.25) is 0 Å². The average molecular weight is 294 g/mol. The van der Waals surface area contributed by atoms with Gasteiger partial charge in [0.15, 0.2) is 0 Å². The zero-order chi connectivity index (χ0) is 15.5. The van der Waals surface area contributed by atoms with Crippen LogP contribution in [0.4, 0.5) is 13.2 Å². The second-order valence-electron chi connectivity index (χ2n) is 4.55. The summed E-state index contributed by atoms with van der Waals surface area (Å²) in [5.74, 6) is -0.420. The fourth-order valence-electron chi connectivity index (χ4n) is 1.80. The van der Waals surface area contributed by atoms with Crippen molar-refractivity contribution >= 4 is 5.91 Å². The van der Waals surface area contributed by atoms with Crippen molar-refractivity contribution in [1.82, 2.24) is 10.3 Å². The number of carbonyl (C=O) groups excluding carboxylic acids is 1. The summed E-state index contributed by atoms with van der Waals surface area (Å²) in [4.78, 5) is 15.9. The van der Waals surface area contributed by atoms with Crippen LogP contribution in [0.15, 0.2) is 42.5 Å². The molecule has 1 aromatic heterocycles. The van der Waals surface area contributed by atoms with Crippen molar-refractivity contribution in [3.8, 4) is 0 Å². The minimum atomic E-state index is -4.39. The standard InChI is InChI=1S/C15H13F3N2O/c1-10-4-2-7-13(20-10)14(21)19-9-11-5-3-6-12(8-11)15(16,17)18/h2-8H,9H2,1H3,(H,19,21). The van der Waals surface area contributed by atoms with Crippen LogP contribution in [0.5, 0.6) is 0 Å². The molecule has 0 aliphatic heterocycles. The molecule has 110 valence electrons. The van der Waals surface area contributed by atoms with Crippen LogP contribution in [0.2, 0.25) is 0 Å². The molecule has 2 rings (SSSR count). The molecule has 0 unspecified atom stereocenters. The van der Waals surface area contributed by atoms with E-state index in [-0.39, 0.29) is 12.2 Å². The van der Waals surface area contributed by atoms with Crippen LogP contribution in [0.3, 0.4) is 0 Å². The van der Waals surface area contributed by atoms with Crippen LogP contribution in [0.25, 0.3) is 0 Å². The Kier molecular flexibility index (Phi) is 4.26. The predicted octanol–water partition coefficient (Wildman–Crippen LogP) is 3.34. The second kappa shape index (κ2) is 5.95. The molecule has 1 amide bonds. The molecule has 1 heterocycles. The van der Waals surface area contributed by atoms with E-state index in [1.807, 2.05) is 0 Å². The third-order valence-corrected chi connectivity index (χ3v) is 2.83. The Balaban J connectivity index is 2.05. The number of pyridine rings is 1. The van der Waals surface area contributed by atoms with E-state index in [1.165, 1.54) is 12.1 Å². The van der Waals surface area contributed by atoms with Crippen LogP contribution in [0.1, 0.15) is 27.3 Å². The fourth-order valence-corrected chi connectivity index (χ4v) is 1.80. The first-order valence-corrected chi connectivity index (χ1v) is 6.24. The molecule has 1 N–H and O–H groups in total. The number of benzene rings is 1. The van der Waals surface area contributed by atoms with E-state index in [2.05, 4.69) is 10.3 Å². The first-order valence-electron chi connectivity index (χ1n) is 6.24. The van der Waals surface area contributed by atoms with Gasteiger partial charge in [-0.3, -0.25) is 4.79 Å². The topological polar surface area (TPSA) is 42.0 Å². The molecule has 21 heavy (non-hydrogen) atoms. The van der Waals surface area contributed by atoms with Gasteiger partial charge in [-0.05, 0) is 36.8 Å². The number of aryl methyl sites for hydroxylation is 1. The lowest BCUT2D eigenvalue weighted by Gasteiger charge is -2.09. The lowest BCUT2D eigenvalue weighted by molar-refractivity contribution is -0.137. The average Bonchev–Trinajstić information content (AvgIpc) is 2.44. The highest BCUT2D eigenvalue weighted by Gasteiger charge is 2.30. The minimum Gasteiger partial charge on any atom is -0.347 e. The lowest BCUT2D eigenvalue weighted by Crippen LogP contribution is -2.24. The number of hydrogen-bond acceptors (Lipinski definition) is 2. The number of rotatable bonds is 3. The van der Waals surface area contributed by atoms with Crippen molar-refractivity contribution < 1.29 is 18.0 Å². The summed E-state index contributed by atoms with van der Waals surface area (Å²) >= 11 is 0. The number of nitrogens with one attached hydrogen (secondary N) is 1. The number of nitrogens with zero attached hydrogens (tertiary/aromatic N) is 1. The Morgan fingerprint density at radius 3 is 2.57 bits per heavy atom. The Labute approximate surface area is 119 Å². The van der Waals surface area contributed by atoms with Gasteiger partial charge in [0.25, 0.3) is 5.91 Å². The summed E-state index contributed by atoms with van der Waals surface area (Å²) in [6.07, 6.45) is -4.39. The van der Waals surface area contributed by atoms with Crippen LogP contribution in [-0.2, 0) is 12.7 Å². The smallest absolute Gasteiger partial charge is 0.347 e. The van der Waals surface area contributed by atoms with E-state index in [9.17, 15) is 18.0 Å². The summed E-state index contributed by atoms with van der Waals surface area (Å²) in [6.45, 7) is 1.77. The molecule has 3 nitrogen and oxygen atoms in total. The van der Waals surface area contributed by atoms with Crippen molar-refractivity contribution in [2.24, 2.45) is 0 Å². The highest BCUT2D eigenvalue weighted by molar-refractivity contribution is 5.92. The first-order chi connectivity index (χ1) is 9.86. The molecule has 0 saturated heterocycles. The van der Waals surface area contributed by atoms with Crippen LogP contribution in [0, 0.1) is 6.92 Å². The molecule has 6 heteroatoms. The third-order valence-electron chi connectivity index (χ3n) is 2.83. The van der Waals surface area contributed by atoms with Gasteiger partial charge >= 0.3 is 6.18 Å². The maximum atomic E-state index is 12.6. The van der Waals surface area contributed by atoms with E-state index >= 15 is 0 Å². The van der Waals surface area contributed by atoms with E-state index in [4.69, 9.17) is 0 Å². The number of hydrogen-bond donors (Lipinski definition) is 1. The highest BCUT2D eigenvalue weighted by atomic mass is 19.4. The Morgan fingerprint density at radius 1 is 1.19 bits per heavy atom. The van der Waals surface area contributed by atoms with E-state index in [0.29, 0.717) is 11.3 Å². The summed E-state index contributed by atoms with van der Waals surface area (Å²) in [5, 5.41) is 2.55. The summed E-state index contributed by atoms with van der Waals surface area (Å²) in [7, 11) is 0. The molecule has 0 saturated carbocycles. The highest BCUT2D eigenvalue weighted by Crippen LogP contribution is 2.29. The quantitative estimate of drug-likeness (QED) is 0.943. The Bertz CT molecular complexity index is 653. The second-order valence-corrected chi connectivity index (χ2v) is 4.55. The molecule has 0 radical (unpaired) electrons.